The molecule has 1 atom stereocenters. The largest absolute Gasteiger partial charge is 0.366 e. The second-order valence-corrected chi connectivity index (χ2v) is 4.88. The number of alkyl halides is 1. The Hall–Kier alpha value is 0.01000. The third-order valence-corrected chi connectivity index (χ3v) is 3.13. The quantitative estimate of drug-likeness (QED) is 0.819. The maximum absolute atomic E-state index is 5.81. The van der Waals surface area contributed by atoms with Crippen LogP contribution in [0.1, 0.15) is 19.8 Å². The summed E-state index contributed by atoms with van der Waals surface area (Å²) >= 11 is 14.9. The van der Waals surface area contributed by atoms with Gasteiger partial charge in [-0.3, -0.25) is 0 Å². The molecular formula is C10H13BrCl2N2. The Labute approximate surface area is 108 Å². The van der Waals surface area contributed by atoms with Crippen molar-refractivity contribution in [2.45, 2.75) is 25.8 Å². The molecule has 0 aromatic carbocycles. The summed E-state index contributed by atoms with van der Waals surface area (Å²) in [4.78, 5) is 4.21. The second kappa shape index (κ2) is 6.56. The highest BCUT2D eigenvalue weighted by Crippen LogP contribution is 2.24. The van der Waals surface area contributed by atoms with E-state index in [4.69, 9.17) is 23.2 Å². The maximum atomic E-state index is 5.81. The molecule has 5 heteroatoms. The average molecular weight is 312 g/mol. The Morgan fingerprint density at radius 3 is 2.87 bits per heavy atom. The van der Waals surface area contributed by atoms with Gasteiger partial charge < -0.3 is 5.32 Å². The summed E-state index contributed by atoms with van der Waals surface area (Å²) in [6, 6.07) is 2.18. The molecule has 0 aliphatic rings. The number of aromatic nitrogens is 1. The topological polar surface area (TPSA) is 24.9 Å². The summed E-state index contributed by atoms with van der Waals surface area (Å²) in [6.07, 6.45) is 3.57. The average Bonchev–Trinajstić information content (AvgIpc) is 2.21. The van der Waals surface area contributed by atoms with Crippen molar-refractivity contribution in [3.8, 4) is 0 Å². The Balaban J connectivity index is 2.70. The standard InChI is InChI=1S/C10H13BrCl2N2/c1-2-8(3-4-12)15-10-9(11)5-7(13)6-14-10/h5-6,8H,2-4H2,1H3,(H,14,15). The lowest BCUT2D eigenvalue weighted by Gasteiger charge is -2.17. The first-order chi connectivity index (χ1) is 7.17. The Morgan fingerprint density at radius 1 is 1.60 bits per heavy atom. The molecule has 0 amide bonds. The normalized spacial score (nSPS) is 12.5. The molecule has 1 rings (SSSR count). The van der Waals surface area contributed by atoms with Crippen molar-refractivity contribution >= 4 is 44.9 Å². The van der Waals surface area contributed by atoms with Crippen LogP contribution in [0.5, 0.6) is 0 Å². The maximum Gasteiger partial charge on any atom is 0.140 e. The Bertz CT molecular complexity index is 320. The number of rotatable bonds is 5. The molecule has 1 unspecified atom stereocenters. The highest BCUT2D eigenvalue weighted by atomic mass is 79.9. The van der Waals surface area contributed by atoms with Crippen LogP contribution in [0, 0.1) is 0 Å². The van der Waals surface area contributed by atoms with Gasteiger partial charge in [-0.1, -0.05) is 18.5 Å². The second-order valence-electron chi connectivity index (χ2n) is 3.21. The van der Waals surface area contributed by atoms with Crippen molar-refractivity contribution < 1.29 is 0 Å². The van der Waals surface area contributed by atoms with Crippen molar-refractivity contribution in [2.24, 2.45) is 0 Å². The van der Waals surface area contributed by atoms with Crippen LogP contribution in [0.2, 0.25) is 5.02 Å². The predicted molar refractivity (Wildman–Crippen MR) is 70.0 cm³/mol. The summed E-state index contributed by atoms with van der Waals surface area (Å²) in [5.74, 6) is 1.47. The smallest absolute Gasteiger partial charge is 0.140 e. The van der Waals surface area contributed by atoms with Gasteiger partial charge in [0.1, 0.15) is 5.82 Å². The van der Waals surface area contributed by atoms with Crippen LogP contribution in [-0.4, -0.2) is 16.9 Å². The van der Waals surface area contributed by atoms with Gasteiger partial charge in [0.2, 0.25) is 0 Å². The van der Waals surface area contributed by atoms with Gasteiger partial charge in [-0.05, 0) is 34.8 Å². The third-order valence-electron chi connectivity index (χ3n) is 2.10. The van der Waals surface area contributed by atoms with Crippen molar-refractivity contribution in [1.82, 2.24) is 4.98 Å². The van der Waals surface area contributed by atoms with Gasteiger partial charge in [0.25, 0.3) is 0 Å². The number of halogens is 3. The number of hydrogen-bond acceptors (Lipinski definition) is 2. The molecule has 2 nitrogen and oxygen atoms in total. The van der Waals surface area contributed by atoms with Crippen LogP contribution >= 0.6 is 39.1 Å². The summed E-state index contributed by atoms with van der Waals surface area (Å²) in [7, 11) is 0. The van der Waals surface area contributed by atoms with Crippen molar-refractivity contribution in [2.75, 3.05) is 11.2 Å². The van der Waals surface area contributed by atoms with E-state index in [1.54, 1.807) is 6.20 Å². The van der Waals surface area contributed by atoms with E-state index in [1.165, 1.54) is 0 Å². The van der Waals surface area contributed by atoms with E-state index in [0.717, 1.165) is 23.1 Å². The van der Waals surface area contributed by atoms with Crippen LogP contribution in [-0.2, 0) is 0 Å². The predicted octanol–water partition coefficient (Wildman–Crippen LogP) is 4.32. The first-order valence-corrected chi connectivity index (χ1v) is 6.51. The van der Waals surface area contributed by atoms with Gasteiger partial charge >= 0.3 is 0 Å². The van der Waals surface area contributed by atoms with E-state index < -0.39 is 0 Å². The molecule has 84 valence electrons. The molecule has 1 heterocycles. The van der Waals surface area contributed by atoms with Crippen molar-refractivity contribution in [3.05, 3.63) is 21.8 Å². The molecular weight excluding hydrogens is 299 g/mol. The van der Waals surface area contributed by atoms with Gasteiger partial charge in [-0.15, -0.1) is 11.6 Å². The van der Waals surface area contributed by atoms with E-state index in [-0.39, 0.29) is 0 Å². The van der Waals surface area contributed by atoms with Crippen LogP contribution in [0.3, 0.4) is 0 Å². The molecule has 1 aromatic rings. The monoisotopic (exact) mass is 310 g/mol. The van der Waals surface area contributed by atoms with Gasteiger partial charge in [0.05, 0.1) is 9.50 Å². The van der Waals surface area contributed by atoms with E-state index in [1.807, 2.05) is 6.07 Å². The first-order valence-electron chi connectivity index (χ1n) is 4.81. The van der Waals surface area contributed by atoms with E-state index in [2.05, 4.69) is 33.2 Å². The number of hydrogen-bond donors (Lipinski definition) is 1. The molecule has 0 spiro atoms. The number of anilines is 1. The number of nitrogens with zero attached hydrogens (tertiary/aromatic N) is 1. The van der Waals surface area contributed by atoms with Gasteiger partial charge in [-0.25, -0.2) is 4.98 Å². The highest BCUT2D eigenvalue weighted by molar-refractivity contribution is 9.10. The summed E-state index contributed by atoms with van der Waals surface area (Å²) in [5.41, 5.74) is 0. The number of pyridine rings is 1. The molecule has 0 saturated heterocycles. The lowest BCUT2D eigenvalue weighted by molar-refractivity contribution is 0.671. The minimum absolute atomic E-state index is 0.354. The van der Waals surface area contributed by atoms with Gasteiger partial charge in [0, 0.05) is 18.1 Å². The Morgan fingerprint density at radius 2 is 2.33 bits per heavy atom. The molecule has 0 bridgehead atoms. The minimum Gasteiger partial charge on any atom is -0.366 e. The van der Waals surface area contributed by atoms with Crippen molar-refractivity contribution in [3.63, 3.8) is 0 Å². The van der Waals surface area contributed by atoms with Crippen LogP contribution in [0.25, 0.3) is 0 Å². The number of nitrogens with one attached hydrogen (secondary N) is 1. The summed E-state index contributed by atoms with van der Waals surface area (Å²) in [5, 5.41) is 3.95. The van der Waals surface area contributed by atoms with E-state index in [0.29, 0.717) is 16.9 Å². The van der Waals surface area contributed by atoms with Crippen molar-refractivity contribution in [1.29, 1.82) is 0 Å². The molecule has 0 aliphatic heterocycles. The fourth-order valence-corrected chi connectivity index (χ4v) is 2.24. The molecule has 0 aliphatic carbocycles. The summed E-state index contributed by atoms with van der Waals surface area (Å²) in [6.45, 7) is 2.12. The van der Waals surface area contributed by atoms with Crippen LogP contribution in [0.15, 0.2) is 16.7 Å². The molecule has 15 heavy (non-hydrogen) atoms. The summed E-state index contributed by atoms with van der Waals surface area (Å²) < 4.78 is 0.878. The third kappa shape index (κ3) is 4.17. The zero-order valence-electron chi connectivity index (χ0n) is 8.43. The minimum atomic E-state index is 0.354. The molecule has 0 fully saturated rings. The van der Waals surface area contributed by atoms with Gasteiger partial charge in [-0.2, -0.15) is 0 Å². The lowest BCUT2D eigenvalue weighted by Crippen LogP contribution is -2.19. The molecule has 0 saturated carbocycles. The fraction of sp³-hybridized carbons (Fsp3) is 0.500. The molecule has 1 aromatic heterocycles. The van der Waals surface area contributed by atoms with Gasteiger partial charge in [0.15, 0.2) is 0 Å². The van der Waals surface area contributed by atoms with E-state index in [9.17, 15) is 0 Å². The highest BCUT2D eigenvalue weighted by Gasteiger charge is 2.08. The Kier molecular flexibility index (Phi) is 5.72. The lowest BCUT2D eigenvalue weighted by atomic mass is 10.2. The zero-order valence-corrected chi connectivity index (χ0v) is 11.5. The zero-order chi connectivity index (χ0) is 11.3. The van der Waals surface area contributed by atoms with Crippen LogP contribution in [0.4, 0.5) is 5.82 Å². The fourth-order valence-electron chi connectivity index (χ4n) is 1.22. The van der Waals surface area contributed by atoms with E-state index >= 15 is 0 Å². The molecule has 1 N–H and O–H groups in total. The SMILES string of the molecule is CCC(CCCl)Nc1ncc(Cl)cc1Br. The first kappa shape index (κ1) is 13.1. The molecule has 0 radical (unpaired) electrons. The van der Waals surface area contributed by atoms with Crippen LogP contribution < -0.4 is 5.32 Å².